The van der Waals surface area contributed by atoms with Gasteiger partial charge >= 0.3 is 0 Å². The summed E-state index contributed by atoms with van der Waals surface area (Å²) >= 11 is 0. The third-order valence-corrected chi connectivity index (χ3v) is 10.5. The van der Waals surface area contributed by atoms with Crippen molar-refractivity contribution in [3.63, 3.8) is 0 Å². The Hall–Kier alpha value is -4.62. The topological polar surface area (TPSA) is 118 Å². The minimum absolute atomic E-state index is 0.0226. The maximum Gasteiger partial charge on any atom is 0.243 e. The molecule has 2 saturated heterocycles. The number of hydrogen-bond acceptors (Lipinski definition) is 10. The van der Waals surface area contributed by atoms with Crippen molar-refractivity contribution in [2.75, 3.05) is 49.3 Å². The number of ether oxygens (including phenoxy) is 2. The molecule has 13 heteroatoms. The molecule has 2 aromatic carbocycles. The summed E-state index contributed by atoms with van der Waals surface area (Å²) in [6, 6.07) is 17.3. The van der Waals surface area contributed by atoms with Crippen molar-refractivity contribution in [3.05, 3.63) is 84.4 Å². The molecule has 1 atom stereocenters. The van der Waals surface area contributed by atoms with Gasteiger partial charge in [-0.25, -0.2) is 27.8 Å². The zero-order valence-corrected chi connectivity index (χ0v) is 25.9. The van der Waals surface area contributed by atoms with E-state index in [-0.39, 0.29) is 30.4 Å². The first-order chi connectivity index (χ1) is 22.3. The largest absolute Gasteiger partial charge is 0.454 e. The predicted molar refractivity (Wildman–Crippen MR) is 169 cm³/mol. The number of benzene rings is 2. The van der Waals surface area contributed by atoms with E-state index in [1.807, 2.05) is 42.5 Å². The van der Waals surface area contributed by atoms with Crippen molar-refractivity contribution in [1.29, 1.82) is 0 Å². The number of Topliss-reactive ketones (excluding diaryl/α,β-unsaturated/α-hetero) is 1. The lowest BCUT2D eigenvalue weighted by Crippen LogP contribution is -2.47. The summed E-state index contributed by atoms with van der Waals surface area (Å²) in [5.74, 6) is 2.12. The Kier molecular flexibility index (Phi) is 8.26. The van der Waals surface area contributed by atoms with E-state index in [0.717, 1.165) is 36.6 Å². The first kappa shape index (κ1) is 30.1. The number of sulfonamides is 1. The number of nitrogens with zero attached hydrogens (tertiary/aromatic N) is 6. The van der Waals surface area contributed by atoms with Gasteiger partial charge in [-0.05, 0) is 79.9 Å². The molecular formula is C33H33FN6O5S. The Bertz CT molecular complexity index is 1840. The Morgan fingerprint density at radius 3 is 2.46 bits per heavy atom. The molecule has 3 aliphatic rings. The van der Waals surface area contributed by atoms with E-state index in [1.165, 1.54) is 16.4 Å². The van der Waals surface area contributed by atoms with Gasteiger partial charge < -0.3 is 19.3 Å². The van der Waals surface area contributed by atoms with Crippen LogP contribution in [0, 0.1) is 5.82 Å². The molecule has 0 N–H and O–H groups in total. The van der Waals surface area contributed by atoms with Gasteiger partial charge in [0.15, 0.2) is 17.3 Å². The molecular weight excluding hydrogens is 611 g/mol. The molecule has 5 heterocycles. The summed E-state index contributed by atoms with van der Waals surface area (Å²) in [6.45, 7) is 3.30. The van der Waals surface area contributed by atoms with Crippen molar-refractivity contribution in [1.82, 2.24) is 19.3 Å². The molecule has 0 bridgehead atoms. The molecule has 2 aromatic heterocycles. The van der Waals surface area contributed by atoms with E-state index in [9.17, 15) is 17.6 Å². The number of carbonyl (C=O) groups excluding carboxylic acids is 1. The minimum Gasteiger partial charge on any atom is -0.454 e. The Morgan fingerprint density at radius 2 is 1.67 bits per heavy atom. The smallest absolute Gasteiger partial charge is 0.243 e. The Labute approximate surface area is 266 Å². The van der Waals surface area contributed by atoms with Gasteiger partial charge in [0.1, 0.15) is 11.6 Å². The fourth-order valence-corrected chi connectivity index (χ4v) is 7.82. The fraction of sp³-hybridized carbons (Fsp3) is 0.333. The lowest BCUT2D eigenvalue weighted by molar-refractivity contribution is -0.122. The van der Waals surface area contributed by atoms with Crippen LogP contribution in [-0.2, 0) is 21.2 Å². The summed E-state index contributed by atoms with van der Waals surface area (Å²) in [5, 5.41) is 0. The second kappa shape index (κ2) is 12.6. The van der Waals surface area contributed by atoms with Crippen LogP contribution in [0.1, 0.15) is 25.0 Å². The summed E-state index contributed by atoms with van der Waals surface area (Å²) in [6.07, 6.45) is 3.24. The SMILES string of the molecule is O=C(CCc1cc(-c2ccc3c(c2)OCO3)nc(N2CCN(c3ccccn3)CC2)n1)[C@@H]1CCCN1S(=O)(=O)c1ccc(F)cc1. The van der Waals surface area contributed by atoms with Crippen molar-refractivity contribution < 1.29 is 27.1 Å². The Morgan fingerprint density at radius 1 is 0.891 bits per heavy atom. The van der Waals surface area contributed by atoms with E-state index in [1.54, 1.807) is 6.20 Å². The molecule has 46 heavy (non-hydrogen) atoms. The zero-order chi connectivity index (χ0) is 31.7. The maximum atomic E-state index is 13.5. The zero-order valence-electron chi connectivity index (χ0n) is 25.1. The molecule has 11 nitrogen and oxygen atoms in total. The van der Waals surface area contributed by atoms with Crippen LogP contribution in [0.5, 0.6) is 11.5 Å². The summed E-state index contributed by atoms with van der Waals surface area (Å²) in [7, 11) is -3.94. The summed E-state index contributed by atoms with van der Waals surface area (Å²) in [5.41, 5.74) is 2.21. The number of aromatic nitrogens is 3. The second-order valence-corrected chi connectivity index (χ2v) is 13.4. The molecule has 0 radical (unpaired) electrons. The molecule has 4 aromatic rings. The number of pyridine rings is 1. The van der Waals surface area contributed by atoms with E-state index < -0.39 is 21.9 Å². The fourth-order valence-electron chi connectivity index (χ4n) is 6.14. The van der Waals surface area contributed by atoms with Gasteiger partial charge in [-0.15, -0.1) is 0 Å². The third kappa shape index (κ3) is 6.12. The van der Waals surface area contributed by atoms with E-state index in [2.05, 4.69) is 14.8 Å². The molecule has 0 amide bonds. The summed E-state index contributed by atoms with van der Waals surface area (Å²) in [4.78, 5) is 32.2. The van der Waals surface area contributed by atoms with Gasteiger partial charge in [0.05, 0.1) is 16.6 Å². The van der Waals surface area contributed by atoms with Gasteiger partial charge in [-0.2, -0.15) is 4.31 Å². The number of fused-ring (bicyclic) bond motifs is 1. The van der Waals surface area contributed by atoms with Gasteiger partial charge in [-0.1, -0.05) is 6.07 Å². The van der Waals surface area contributed by atoms with Crippen LogP contribution >= 0.6 is 0 Å². The number of rotatable bonds is 9. The van der Waals surface area contributed by atoms with Gasteiger partial charge in [0.2, 0.25) is 22.8 Å². The number of piperazine rings is 1. The number of hydrogen-bond donors (Lipinski definition) is 0. The lowest BCUT2D eigenvalue weighted by atomic mass is 10.0. The molecule has 0 aliphatic carbocycles. The molecule has 0 saturated carbocycles. The van der Waals surface area contributed by atoms with Crippen molar-refractivity contribution in [2.24, 2.45) is 0 Å². The number of carbonyl (C=O) groups is 1. The van der Waals surface area contributed by atoms with Crippen LogP contribution in [-0.4, -0.2) is 79.0 Å². The van der Waals surface area contributed by atoms with E-state index in [0.29, 0.717) is 61.2 Å². The van der Waals surface area contributed by atoms with Crippen LogP contribution in [0.3, 0.4) is 0 Å². The van der Waals surface area contributed by atoms with Crippen LogP contribution in [0.2, 0.25) is 0 Å². The average Bonchev–Trinajstić information content (AvgIpc) is 3.78. The maximum absolute atomic E-state index is 13.5. The highest BCUT2D eigenvalue weighted by molar-refractivity contribution is 7.89. The standard InChI is InChI=1S/C33H33FN6O5S/c34-24-7-10-26(11-8-24)46(42,43)40-15-3-4-28(40)29(41)12-9-25-21-27(23-6-13-30-31(20-23)45-22-44-30)37-33(36-25)39-18-16-38(17-19-39)32-5-1-2-14-35-32/h1-2,5-8,10-11,13-14,20-21,28H,3-4,9,12,15-19,22H2/t28-/m0/s1. The average molecular weight is 645 g/mol. The van der Waals surface area contributed by atoms with Gasteiger partial charge in [0, 0.05) is 56.6 Å². The third-order valence-electron chi connectivity index (χ3n) is 8.59. The highest BCUT2D eigenvalue weighted by Gasteiger charge is 2.39. The highest BCUT2D eigenvalue weighted by atomic mass is 32.2. The molecule has 3 aliphatic heterocycles. The van der Waals surface area contributed by atoms with Crippen LogP contribution < -0.4 is 19.3 Å². The summed E-state index contributed by atoms with van der Waals surface area (Å²) < 4.78 is 52.5. The van der Waals surface area contributed by atoms with Crippen molar-refractivity contribution >= 4 is 27.6 Å². The van der Waals surface area contributed by atoms with Gasteiger partial charge in [0.25, 0.3) is 0 Å². The monoisotopic (exact) mass is 644 g/mol. The van der Waals surface area contributed by atoms with Crippen molar-refractivity contribution in [2.45, 2.75) is 36.6 Å². The number of aryl methyl sites for hydroxylation is 1. The molecule has 2 fully saturated rings. The number of halogens is 1. The number of anilines is 2. The molecule has 0 spiro atoms. The minimum atomic E-state index is -3.94. The second-order valence-electron chi connectivity index (χ2n) is 11.5. The first-order valence-electron chi connectivity index (χ1n) is 15.3. The lowest BCUT2D eigenvalue weighted by Gasteiger charge is -2.35. The molecule has 0 unspecified atom stereocenters. The van der Waals surface area contributed by atoms with E-state index in [4.69, 9.17) is 19.4 Å². The van der Waals surface area contributed by atoms with Crippen LogP contribution in [0.25, 0.3) is 11.3 Å². The van der Waals surface area contributed by atoms with Gasteiger partial charge in [-0.3, -0.25) is 4.79 Å². The normalized spacial score (nSPS) is 18.2. The quantitative estimate of drug-likeness (QED) is 0.264. The Balaban J connectivity index is 1.11. The highest BCUT2D eigenvalue weighted by Crippen LogP contribution is 2.36. The van der Waals surface area contributed by atoms with E-state index >= 15 is 0 Å². The van der Waals surface area contributed by atoms with Crippen LogP contribution in [0.4, 0.5) is 16.2 Å². The van der Waals surface area contributed by atoms with Crippen LogP contribution in [0.15, 0.2) is 77.8 Å². The first-order valence-corrected chi connectivity index (χ1v) is 16.8. The molecule has 238 valence electrons. The predicted octanol–water partition coefficient (Wildman–Crippen LogP) is 4.09. The van der Waals surface area contributed by atoms with Crippen molar-refractivity contribution in [3.8, 4) is 22.8 Å². The number of ketones is 1. The molecule has 7 rings (SSSR count).